The van der Waals surface area contributed by atoms with E-state index in [2.05, 4.69) is 25.0 Å². The summed E-state index contributed by atoms with van der Waals surface area (Å²) in [5, 5.41) is 14.5. The average Bonchev–Trinajstić information content (AvgIpc) is 3.32. The highest BCUT2D eigenvalue weighted by molar-refractivity contribution is 5.90. The van der Waals surface area contributed by atoms with Gasteiger partial charge in [0.1, 0.15) is 6.07 Å². The van der Waals surface area contributed by atoms with Crippen molar-refractivity contribution < 1.29 is 19.1 Å². The summed E-state index contributed by atoms with van der Waals surface area (Å²) in [6.07, 6.45) is 3.76. The Hall–Kier alpha value is -3.60. The van der Waals surface area contributed by atoms with Crippen molar-refractivity contribution in [2.45, 2.75) is 47.0 Å². The molecule has 0 amide bonds. The van der Waals surface area contributed by atoms with Crippen molar-refractivity contribution in [2.75, 3.05) is 0 Å². The second-order valence-corrected chi connectivity index (χ2v) is 7.60. The van der Waals surface area contributed by atoms with Gasteiger partial charge in [-0.25, -0.2) is 9.48 Å². The van der Waals surface area contributed by atoms with Crippen LogP contribution >= 0.6 is 0 Å². The largest absolute Gasteiger partial charge is 0.425 e. The minimum atomic E-state index is -0.999. The van der Waals surface area contributed by atoms with Gasteiger partial charge in [0.2, 0.25) is 6.29 Å². The third-order valence-electron chi connectivity index (χ3n) is 4.60. The van der Waals surface area contributed by atoms with Gasteiger partial charge in [0.05, 0.1) is 28.9 Å². The fourth-order valence-corrected chi connectivity index (χ4v) is 3.01. The summed E-state index contributed by atoms with van der Waals surface area (Å²) in [7, 11) is 0. The normalized spacial score (nSPS) is 12.2. The molecule has 0 fully saturated rings. The van der Waals surface area contributed by atoms with Crippen molar-refractivity contribution in [3.8, 4) is 11.8 Å². The van der Waals surface area contributed by atoms with E-state index in [-0.39, 0.29) is 17.5 Å². The second kappa shape index (κ2) is 8.41. The number of carbonyl (C=O) groups excluding carboxylic acids is 2. The number of fused-ring (bicyclic) bond motifs is 1. The zero-order valence-electron chi connectivity index (χ0n) is 17.6. The van der Waals surface area contributed by atoms with E-state index in [4.69, 9.17) is 9.47 Å². The SMILES string of the molecule is CC(OC(=O)c1cnn(-c2ccc3c(c2)c(C#N)cn3C(C)C)c1)OC(=O)C(C)C. The number of carbonyl (C=O) groups is 2. The molecule has 1 atom stereocenters. The molecule has 1 aromatic carbocycles. The van der Waals surface area contributed by atoms with E-state index in [1.165, 1.54) is 24.0 Å². The number of benzene rings is 1. The molecule has 0 spiro atoms. The molecule has 0 radical (unpaired) electrons. The lowest BCUT2D eigenvalue weighted by atomic mass is 10.1. The Morgan fingerprint density at radius 1 is 1.10 bits per heavy atom. The predicted octanol–water partition coefficient (Wildman–Crippen LogP) is 3.98. The molecule has 2 heterocycles. The molecule has 156 valence electrons. The lowest BCUT2D eigenvalue weighted by Gasteiger charge is -2.14. The van der Waals surface area contributed by atoms with Crippen LogP contribution in [0.2, 0.25) is 0 Å². The summed E-state index contributed by atoms with van der Waals surface area (Å²) in [5.74, 6) is -1.40. The summed E-state index contributed by atoms with van der Waals surface area (Å²) < 4.78 is 13.8. The van der Waals surface area contributed by atoms with Gasteiger partial charge in [-0.15, -0.1) is 0 Å². The molecule has 8 nitrogen and oxygen atoms in total. The van der Waals surface area contributed by atoms with Gasteiger partial charge in [-0.1, -0.05) is 13.8 Å². The molecule has 0 saturated carbocycles. The van der Waals surface area contributed by atoms with Crippen molar-refractivity contribution in [3.63, 3.8) is 0 Å². The Morgan fingerprint density at radius 2 is 1.83 bits per heavy atom. The smallest absolute Gasteiger partial charge is 0.344 e. The van der Waals surface area contributed by atoms with E-state index in [0.717, 1.165) is 10.9 Å². The molecular weight excluding hydrogens is 384 g/mol. The van der Waals surface area contributed by atoms with Crippen molar-refractivity contribution in [1.29, 1.82) is 5.26 Å². The molecule has 8 heteroatoms. The van der Waals surface area contributed by atoms with E-state index in [0.29, 0.717) is 11.3 Å². The summed E-state index contributed by atoms with van der Waals surface area (Å²) in [5.41, 5.74) is 2.47. The van der Waals surface area contributed by atoms with Crippen LogP contribution in [0.4, 0.5) is 0 Å². The van der Waals surface area contributed by atoms with Crippen LogP contribution in [-0.2, 0) is 14.3 Å². The van der Waals surface area contributed by atoms with E-state index in [1.807, 2.05) is 29.0 Å². The van der Waals surface area contributed by atoms with E-state index in [1.54, 1.807) is 13.8 Å². The highest BCUT2D eigenvalue weighted by atomic mass is 16.7. The number of ether oxygens (including phenoxy) is 2. The Labute approximate surface area is 174 Å². The van der Waals surface area contributed by atoms with Gasteiger partial charge in [-0.2, -0.15) is 10.4 Å². The van der Waals surface area contributed by atoms with Crippen LogP contribution in [0, 0.1) is 17.2 Å². The molecule has 0 saturated heterocycles. The van der Waals surface area contributed by atoms with Gasteiger partial charge in [0, 0.05) is 36.3 Å². The number of esters is 2. The molecule has 2 aromatic heterocycles. The van der Waals surface area contributed by atoms with Gasteiger partial charge in [0.25, 0.3) is 0 Å². The highest BCUT2D eigenvalue weighted by Crippen LogP contribution is 2.26. The molecule has 3 aromatic rings. The molecule has 30 heavy (non-hydrogen) atoms. The number of nitriles is 1. The molecule has 0 N–H and O–H groups in total. The van der Waals surface area contributed by atoms with E-state index < -0.39 is 18.2 Å². The minimum absolute atomic E-state index is 0.221. The van der Waals surface area contributed by atoms with Gasteiger partial charge in [0.15, 0.2) is 0 Å². The first kappa shape index (κ1) is 21.1. The maximum absolute atomic E-state index is 12.3. The quantitative estimate of drug-likeness (QED) is 0.452. The van der Waals surface area contributed by atoms with Crippen LogP contribution in [0.15, 0.2) is 36.8 Å². The fraction of sp³-hybridized carbons (Fsp3) is 0.364. The Balaban J connectivity index is 1.82. The minimum Gasteiger partial charge on any atom is -0.425 e. The molecule has 0 aliphatic heterocycles. The Bertz CT molecular complexity index is 1130. The standard InChI is InChI=1S/C22H24N4O4/c1-13(2)21(27)29-15(5)30-22(28)17-10-24-26(12-17)18-6-7-20-19(8-18)16(9-23)11-25(20)14(3)4/h6-8,10-15H,1-5H3. The first-order valence-electron chi connectivity index (χ1n) is 9.72. The second-order valence-electron chi connectivity index (χ2n) is 7.60. The summed E-state index contributed by atoms with van der Waals surface area (Å²) in [6, 6.07) is 8.11. The predicted molar refractivity (Wildman–Crippen MR) is 110 cm³/mol. The Morgan fingerprint density at radius 3 is 2.47 bits per heavy atom. The maximum atomic E-state index is 12.3. The number of rotatable bonds is 6. The first-order chi connectivity index (χ1) is 14.2. The number of hydrogen-bond acceptors (Lipinski definition) is 6. The monoisotopic (exact) mass is 408 g/mol. The molecule has 0 aliphatic carbocycles. The molecule has 3 rings (SSSR count). The van der Waals surface area contributed by atoms with Gasteiger partial charge in [-0.3, -0.25) is 4.79 Å². The van der Waals surface area contributed by atoms with Gasteiger partial charge < -0.3 is 14.0 Å². The Kier molecular flexibility index (Phi) is 5.92. The van der Waals surface area contributed by atoms with E-state index in [9.17, 15) is 14.9 Å². The maximum Gasteiger partial charge on any atom is 0.344 e. The van der Waals surface area contributed by atoms with Crippen molar-refractivity contribution >= 4 is 22.8 Å². The van der Waals surface area contributed by atoms with Crippen LogP contribution < -0.4 is 0 Å². The zero-order chi connectivity index (χ0) is 22.0. The van der Waals surface area contributed by atoms with Crippen LogP contribution in [-0.4, -0.2) is 32.6 Å². The lowest BCUT2D eigenvalue weighted by Crippen LogP contribution is -2.24. The number of hydrogen-bond donors (Lipinski definition) is 0. The molecule has 0 bridgehead atoms. The van der Waals surface area contributed by atoms with Crippen LogP contribution in [0.3, 0.4) is 0 Å². The average molecular weight is 408 g/mol. The van der Waals surface area contributed by atoms with Crippen LogP contribution in [0.1, 0.15) is 56.6 Å². The van der Waals surface area contributed by atoms with Gasteiger partial charge >= 0.3 is 11.9 Å². The highest BCUT2D eigenvalue weighted by Gasteiger charge is 2.19. The molecule has 0 aliphatic rings. The van der Waals surface area contributed by atoms with Crippen LogP contribution in [0.5, 0.6) is 0 Å². The summed E-state index contributed by atoms with van der Waals surface area (Å²) in [4.78, 5) is 23.9. The third kappa shape index (κ3) is 4.20. The molecule has 1 unspecified atom stereocenters. The summed E-state index contributed by atoms with van der Waals surface area (Å²) >= 11 is 0. The zero-order valence-corrected chi connectivity index (χ0v) is 17.6. The number of nitrogens with zero attached hydrogens (tertiary/aromatic N) is 4. The number of aromatic nitrogens is 3. The first-order valence-corrected chi connectivity index (χ1v) is 9.72. The van der Waals surface area contributed by atoms with Crippen LogP contribution in [0.25, 0.3) is 16.6 Å². The van der Waals surface area contributed by atoms with Crippen molar-refractivity contribution in [3.05, 3.63) is 47.9 Å². The van der Waals surface area contributed by atoms with E-state index >= 15 is 0 Å². The van der Waals surface area contributed by atoms with Crippen molar-refractivity contribution in [1.82, 2.24) is 14.3 Å². The van der Waals surface area contributed by atoms with Gasteiger partial charge in [-0.05, 0) is 32.0 Å². The fourth-order valence-electron chi connectivity index (χ4n) is 3.01. The van der Waals surface area contributed by atoms with Crippen molar-refractivity contribution in [2.24, 2.45) is 5.92 Å². The third-order valence-corrected chi connectivity index (χ3v) is 4.60. The topological polar surface area (TPSA) is 99.1 Å². The summed E-state index contributed by atoms with van der Waals surface area (Å²) in [6.45, 7) is 8.99. The lowest BCUT2D eigenvalue weighted by molar-refractivity contribution is -0.169. The molecular formula is C22H24N4O4.